The largest absolute Gasteiger partial charge is 0.313 e. The molecule has 158 valence electrons. The zero-order chi connectivity index (χ0) is 22.2. The van der Waals surface area contributed by atoms with Crippen molar-refractivity contribution in [1.82, 2.24) is 0 Å². The Hall–Kier alpha value is -2.28. The standard InChI is InChI=1S/C29H37N/c1-18-14-15-28(7,8)23-16-21(27(4,5)6)17-24-26(23)30(20(18)3)25-19(2)12-11-13-22(25)29(24,9)10/h11-17H,1-10H3/b15-14-,20-18+. The lowest BCUT2D eigenvalue weighted by molar-refractivity contribution is 0.570. The Morgan fingerprint density at radius 3 is 2.07 bits per heavy atom. The van der Waals surface area contributed by atoms with Crippen LogP contribution in [0.4, 0.5) is 11.4 Å². The van der Waals surface area contributed by atoms with Crippen molar-refractivity contribution in [3.8, 4) is 0 Å². The predicted molar refractivity (Wildman–Crippen MR) is 131 cm³/mol. The van der Waals surface area contributed by atoms with Crippen LogP contribution in [0.1, 0.15) is 90.1 Å². The average molecular weight is 400 g/mol. The summed E-state index contributed by atoms with van der Waals surface area (Å²) < 4.78 is 0. The number of nitrogens with zero attached hydrogens (tertiary/aromatic N) is 1. The van der Waals surface area contributed by atoms with Crippen LogP contribution in [-0.2, 0) is 16.2 Å². The van der Waals surface area contributed by atoms with E-state index in [0.29, 0.717) is 0 Å². The Morgan fingerprint density at radius 1 is 0.800 bits per heavy atom. The van der Waals surface area contributed by atoms with Gasteiger partial charge in [-0.3, -0.25) is 0 Å². The van der Waals surface area contributed by atoms with Crippen LogP contribution in [0.3, 0.4) is 0 Å². The van der Waals surface area contributed by atoms with Gasteiger partial charge in [0, 0.05) is 16.5 Å². The summed E-state index contributed by atoms with van der Waals surface area (Å²) in [6.45, 7) is 23.3. The van der Waals surface area contributed by atoms with Gasteiger partial charge in [0.25, 0.3) is 0 Å². The maximum absolute atomic E-state index is 2.56. The third-order valence-corrected chi connectivity index (χ3v) is 7.36. The molecule has 4 rings (SSSR count). The maximum atomic E-state index is 2.56. The zero-order valence-corrected chi connectivity index (χ0v) is 20.5. The molecule has 0 bridgehead atoms. The normalized spacial score (nSPS) is 22.7. The summed E-state index contributed by atoms with van der Waals surface area (Å²) in [4.78, 5) is 2.56. The number of aryl methyl sites for hydroxylation is 1. The van der Waals surface area contributed by atoms with E-state index in [-0.39, 0.29) is 16.2 Å². The van der Waals surface area contributed by atoms with Gasteiger partial charge >= 0.3 is 0 Å². The number of fused-ring (bicyclic) bond motifs is 2. The summed E-state index contributed by atoms with van der Waals surface area (Å²) in [7, 11) is 0. The van der Waals surface area contributed by atoms with E-state index in [2.05, 4.69) is 117 Å². The Balaban J connectivity index is 2.24. The van der Waals surface area contributed by atoms with E-state index in [4.69, 9.17) is 0 Å². The fraction of sp³-hybridized carbons (Fsp3) is 0.448. The second kappa shape index (κ2) is 6.36. The van der Waals surface area contributed by atoms with Crippen LogP contribution >= 0.6 is 0 Å². The lowest BCUT2D eigenvalue weighted by Gasteiger charge is -2.47. The van der Waals surface area contributed by atoms with Gasteiger partial charge in [-0.2, -0.15) is 0 Å². The highest BCUT2D eigenvalue weighted by molar-refractivity contribution is 5.86. The first-order valence-corrected chi connectivity index (χ1v) is 11.2. The highest BCUT2D eigenvalue weighted by atomic mass is 15.2. The topological polar surface area (TPSA) is 3.24 Å². The Labute approximate surface area is 183 Å². The number of para-hydroxylation sites is 1. The van der Waals surface area contributed by atoms with Gasteiger partial charge in [0.1, 0.15) is 0 Å². The van der Waals surface area contributed by atoms with E-state index in [9.17, 15) is 0 Å². The van der Waals surface area contributed by atoms with Crippen molar-refractivity contribution in [2.45, 2.75) is 85.5 Å². The van der Waals surface area contributed by atoms with Gasteiger partial charge in [-0.25, -0.2) is 0 Å². The molecule has 0 saturated carbocycles. The lowest BCUT2D eigenvalue weighted by atomic mass is 9.67. The first kappa shape index (κ1) is 21.0. The van der Waals surface area contributed by atoms with Gasteiger partial charge in [-0.15, -0.1) is 0 Å². The van der Waals surface area contributed by atoms with E-state index >= 15 is 0 Å². The maximum Gasteiger partial charge on any atom is 0.0540 e. The smallest absolute Gasteiger partial charge is 0.0540 e. The molecule has 0 amide bonds. The molecule has 30 heavy (non-hydrogen) atoms. The molecule has 2 aromatic carbocycles. The van der Waals surface area contributed by atoms with Crippen LogP contribution in [0.2, 0.25) is 0 Å². The van der Waals surface area contributed by atoms with E-state index in [1.54, 1.807) is 0 Å². The molecule has 2 heterocycles. The average Bonchev–Trinajstić information content (AvgIpc) is 2.64. The molecule has 0 radical (unpaired) electrons. The summed E-state index contributed by atoms with van der Waals surface area (Å²) in [6.07, 6.45) is 4.71. The molecule has 1 heteroatoms. The minimum atomic E-state index is -0.0592. The third kappa shape index (κ3) is 2.89. The molecule has 0 unspecified atom stereocenters. The van der Waals surface area contributed by atoms with Gasteiger partial charge in [0.05, 0.1) is 11.4 Å². The number of benzene rings is 2. The molecule has 2 aliphatic heterocycles. The van der Waals surface area contributed by atoms with Crippen molar-refractivity contribution >= 4 is 11.4 Å². The molecule has 0 aromatic heterocycles. The summed E-state index contributed by atoms with van der Waals surface area (Å²) >= 11 is 0. The first-order chi connectivity index (χ1) is 13.8. The van der Waals surface area contributed by atoms with Crippen LogP contribution in [0, 0.1) is 6.92 Å². The highest BCUT2D eigenvalue weighted by Crippen LogP contribution is 2.56. The summed E-state index contributed by atoms with van der Waals surface area (Å²) in [5.41, 5.74) is 12.4. The minimum Gasteiger partial charge on any atom is -0.313 e. The third-order valence-electron chi connectivity index (χ3n) is 7.36. The van der Waals surface area contributed by atoms with Gasteiger partial charge in [0.2, 0.25) is 0 Å². The Kier molecular flexibility index (Phi) is 4.45. The number of hydrogen-bond acceptors (Lipinski definition) is 1. The van der Waals surface area contributed by atoms with Crippen molar-refractivity contribution in [2.75, 3.05) is 4.90 Å². The molecule has 0 fully saturated rings. The second-order valence-electron chi connectivity index (χ2n) is 11.4. The summed E-state index contributed by atoms with van der Waals surface area (Å²) in [6, 6.07) is 11.8. The molecule has 2 aromatic rings. The van der Waals surface area contributed by atoms with Crippen molar-refractivity contribution in [1.29, 1.82) is 0 Å². The molecule has 2 aliphatic rings. The number of rotatable bonds is 0. The number of hydrogen-bond donors (Lipinski definition) is 0. The van der Waals surface area contributed by atoms with Crippen LogP contribution in [0.5, 0.6) is 0 Å². The molecule has 1 nitrogen and oxygen atoms in total. The minimum absolute atomic E-state index is 0.0537. The van der Waals surface area contributed by atoms with E-state index in [1.165, 1.54) is 50.5 Å². The van der Waals surface area contributed by atoms with Crippen molar-refractivity contribution in [3.63, 3.8) is 0 Å². The van der Waals surface area contributed by atoms with Crippen LogP contribution in [-0.4, -0.2) is 0 Å². The zero-order valence-electron chi connectivity index (χ0n) is 20.5. The fourth-order valence-corrected chi connectivity index (χ4v) is 5.05. The number of allylic oxidation sites excluding steroid dienone is 4. The van der Waals surface area contributed by atoms with E-state index in [1.807, 2.05) is 0 Å². The molecule has 0 saturated heterocycles. The summed E-state index contributed by atoms with van der Waals surface area (Å²) in [5, 5.41) is 0. The molecule has 0 aliphatic carbocycles. The molecular weight excluding hydrogens is 362 g/mol. The summed E-state index contributed by atoms with van der Waals surface area (Å²) in [5.74, 6) is 0. The Bertz CT molecular complexity index is 1100. The van der Waals surface area contributed by atoms with Crippen molar-refractivity contribution in [3.05, 3.63) is 81.6 Å². The van der Waals surface area contributed by atoms with Crippen molar-refractivity contribution in [2.24, 2.45) is 0 Å². The monoisotopic (exact) mass is 399 g/mol. The molecule has 0 atom stereocenters. The first-order valence-electron chi connectivity index (χ1n) is 11.2. The quantitative estimate of drug-likeness (QED) is 0.431. The highest BCUT2D eigenvalue weighted by Gasteiger charge is 2.42. The van der Waals surface area contributed by atoms with Gasteiger partial charge < -0.3 is 4.90 Å². The van der Waals surface area contributed by atoms with E-state index in [0.717, 1.165) is 0 Å². The SMILES string of the molecule is CC1=C(/C)N2c3c(C)cccc3C(C)(C)c3cc(C(C)(C)C)cc(c32)C(C)(C)/C=C\1. The van der Waals surface area contributed by atoms with Crippen LogP contribution < -0.4 is 4.90 Å². The van der Waals surface area contributed by atoms with Crippen LogP contribution in [0.15, 0.2) is 53.8 Å². The van der Waals surface area contributed by atoms with Gasteiger partial charge in [0.15, 0.2) is 0 Å². The lowest BCUT2D eigenvalue weighted by Crippen LogP contribution is -2.36. The fourth-order valence-electron chi connectivity index (χ4n) is 5.05. The predicted octanol–water partition coefficient (Wildman–Crippen LogP) is 8.21. The molecular formula is C29H37N. The van der Waals surface area contributed by atoms with Crippen LogP contribution in [0.25, 0.3) is 0 Å². The van der Waals surface area contributed by atoms with Gasteiger partial charge in [-0.05, 0) is 59.6 Å². The van der Waals surface area contributed by atoms with E-state index < -0.39 is 0 Å². The molecule has 0 spiro atoms. The molecule has 0 N–H and O–H groups in total. The second-order valence-corrected chi connectivity index (χ2v) is 11.4. The Morgan fingerprint density at radius 2 is 1.43 bits per heavy atom. The van der Waals surface area contributed by atoms with Crippen molar-refractivity contribution < 1.29 is 0 Å². The van der Waals surface area contributed by atoms with Gasteiger partial charge in [-0.1, -0.05) is 91.0 Å². The number of anilines is 2.